The number of allylic oxidation sites excluding steroid dienone is 1. The second kappa shape index (κ2) is 15.7. The number of nitrogens with one attached hydrogen (secondary N) is 1. The number of aliphatic hydroxyl groups excluding tert-OH is 1. The molecule has 3 aromatic carbocycles. The van der Waals surface area contributed by atoms with E-state index in [1.165, 1.54) is 4.90 Å². The number of nitrogens with zero attached hydrogens (tertiary/aromatic N) is 2. The number of anilines is 1. The Kier molecular flexibility index (Phi) is 11.1. The first-order valence-corrected chi connectivity index (χ1v) is 17.9. The zero-order valence-corrected chi connectivity index (χ0v) is 29.8. The Morgan fingerprint density at radius 1 is 1.04 bits per heavy atom. The van der Waals surface area contributed by atoms with Crippen LogP contribution in [-0.2, 0) is 28.7 Å². The molecule has 3 saturated heterocycles. The lowest BCUT2D eigenvalue weighted by Gasteiger charge is -2.39. The summed E-state index contributed by atoms with van der Waals surface area (Å²) in [6.45, 7) is 11.2. The van der Waals surface area contributed by atoms with Gasteiger partial charge in [0.2, 0.25) is 11.8 Å². The predicted octanol–water partition coefficient (Wildman–Crippen LogP) is 5.30. The van der Waals surface area contributed by atoms with Crippen molar-refractivity contribution < 1.29 is 33.8 Å². The highest BCUT2D eigenvalue weighted by Crippen LogP contribution is 2.60. The van der Waals surface area contributed by atoms with Gasteiger partial charge in [-0.3, -0.25) is 19.2 Å². The van der Waals surface area contributed by atoms with Gasteiger partial charge in [-0.25, -0.2) is 0 Å². The summed E-state index contributed by atoms with van der Waals surface area (Å²) in [5.74, 6) is -3.70. The van der Waals surface area contributed by atoms with E-state index < -0.39 is 60.2 Å². The highest BCUT2D eigenvalue weighted by Gasteiger charge is 2.76. The number of carbonyl (C=O) groups excluding carboxylic acids is 4. The van der Waals surface area contributed by atoms with Crippen LogP contribution in [0.5, 0.6) is 0 Å². The SMILES string of the molecule is C=CCCC(=O)NC[C@H](OC(=O)[C@@H]1[C@@H]2CC[C@]3(O2)[C@H](C(=O)N(CC=C)c2cc(C)ccc2C)N([C@H](CO)c2ccccc2)C(=O)[C@@H]13)c1ccccc1. The van der Waals surface area contributed by atoms with Crippen molar-refractivity contribution in [3.63, 3.8) is 0 Å². The number of hydrogen-bond acceptors (Lipinski definition) is 7. The monoisotopic (exact) mass is 705 g/mol. The molecule has 3 amide bonds. The minimum absolute atomic E-state index is 0.0356. The first-order chi connectivity index (χ1) is 25.1. The summed E-state index contributed by atoms with van der Waals surface area (Å²) in [4.78, 5) is 60.1. The molecule has 0 unspecified atom stereocenters. The molecule has 3 aromatic rings. The fourth-order valence-electron chi connectivity index (χ4n) is 8.24. The van der Waals surface area contributed by atoms with Crippen LogP contribution in [0.2, 0.25) is 0 Å². The summed E-state index contributed by atoms with van der Waals surface area (Å²) < 4.78 is 12.9. The lowest BCUT2D eigenvalue weighted by molar-refractivity contribution is -0.161. The number of aliphatic hydroxyl groups is 1. The van der Waals surface area contributed by atoms with Crippen molar-refractivity contribution in [2.45, 2.75) is 69.4 Å². The standard InChI is InChI=1S/C42H47N3O7/c1-5-7-18-35(47)43-25-34(30-16-12-9-13-17-30)51-41(50)36-33-21-22-42(52-33)37(36)39(48)45(32(26-46)29-14-10-8-11-15-29)38(42)40(49)44(23-6-2)31-24-27(3)19-20-28(31)4/h5-6,8-17,19-20,24,32-34,36-38,46H,1-2,7,18,21-23,25-26H2,3-4H3,(H,43,47)/t32-,33+,34+,36-,37-,38+,42-/m1/s1. The van der Waals surface area contributed by atoms with E-state index in [2.05, 4.69) is 18.5 Å². The van der Waals surface area contributed by atoms with Crippen LogP contribution in [0.4, 0.5) is 5.69 Å². The van der Waals surface area contributed by atoms with Gasteiger partial charge < -0.3 is 29.7 Å². The van der Waals surface area contributed by atoms with Crippen molar-refractivity contribution in [2.75, 3.05) is 24.6 Å². The maximum atomic E-state index is 15.2. The number of aryl methyl sites for hydroxylation is 2. The number of esters is 1. The molecule has 6 rings (SSSR count). The fourth-order valence-corrected chi connectivity index (χ4v) is 8.24. The molecule has 0 radical (unpaired) electrons. The molecule has 0 saturated carbocycles. The lowest BCUT2D eigenvalue weighted by Crippen LogP contribution is -2.57. The van der Waals surface area contributed by atoms with Crippen molar-refractivity contribution in [3.05, 3.63) is 126 Å². The Labute approximate surface area is 305 Å². The van der Waals surface area contributed by atoms with Crippen molar-refractivity contribution in [2.24, 2.45) is 11.8 Å². The van der Waals surface area contributed by atoms with E-state index in [9.17, 15) is 19.5 Å². The number of likely N-dealkylation sites (tertiary alicyclic amines) is 1. The summed E-state index contributed by atoms with van der Waals surface area (Å²) in [7, 11) is 0. The largest absolute Gasteiger partial charge is 0.455 e. The quantitative estimate of drug-likeness (QED) is 0.163. The molecule has 2 N–H and O–H groups in total. The van der Waals surface area contributed by atoms with Gasteiger partial charge >= 0.3 is 5.97 Å². The van der Waals surface area contributed by atoms with E-state index in [0.717, 1.165) is 11.1 Å². The summed E-state index contributed by atoms with van der Waals surface area (Å²) in [6, 6.07) is 22.0. The molecule has 10 nitrogen and oxygen atoms in total. The third kappa shape index (κ3) is 6.80. The van der Waals surface area contributed by atoms with Gasteiger partial charge in [-0.15, -0.1) is 13.2 Å². The van der Waals surface area contributed by atoms with E-state index in [-0.39, 0.29) is 31.3 Å². The summed E-state index contributed by atoms with van der Waals surface area (Å²) in [5.41, 5.74) is 2.50. The number of benzene rings is 3. The smallest absolute Gasteiger partial charge is 0.313 e. The molecule has 3 aliphatic heterocycles. The van der Waals surface area contributed by atoms with E-state index in [1.54, 1.807) is 17.1 Å². The normalized spacial score (nSPS) is 24.1. The Bertz CT molecular complexity index is 1810. The summed E-state index contributed by atoms with van der Waals surface area (Å²) in [5, 5.41) is 13.8. The van der Waals surface area contributed by atoms with E-state index >= 15 is 4.79 Å². The van der Waals surface area contributed by atoms with Gasteiger partial charge in [0.25, 0.3) is 5.91 Å². The number of amides is 3. The van der Waals surface area contributed by atoms with Gasteiger partial charge in [0.15, 0.2) is 0 Å². The second-order valence-corrected chi connectivity index (χ2v) is 13.9. The van der Waals surface area contributed by atoms with Gasteiger partial charge in [-0.1, -0.05) is 84.9 Å². The zero-order chi connectivity index (χ0) is 37.0. The van der Waals surface area contributed by atoms with Crippen LogP contribution in [0.1, 0.15) is 60.1 Å². The molecule has 2 bridgehead atoms. The van der Waals surface area contributed by atoms with Crippen LogP contribution in [-0.4, -0.2) is 71.1 Å². The maximum absolute atomic E-state index is 15.2. The number of carbonyl (C=O) groups is 4. The Balaban J connectivity index is 1.39. The van der Waals surface area contributed by atoms with Gasteiger partial charge in [-0.2, -0.15) is 0 Å². The van der Waals surface area contributed by atoms with Gasteiger partial charge in [0.1, 0.15) is 17.7 Å². The highest BCUT2D eigenvalue weighted by atomic mass is 16.6. The van der Waals surface area contributed by atoms with Crippen LogP contribution in [0, 0.1) is 25.7 Å². The third-order valence-electron chi connectivity index (χ3n) is 10.7. The van der Waals surface area contributed by atoms with Crippen molar-refractivity contribution in [1.82, 2.24) is 10.2 Å². The fraction of sp³-hybridized carbons (Fsp3) is 0.381. The van der Waals surface area contributed by atoms with Gasteiger partial charge in [0.05, 0.1) is 37.1 Å². The maximum Gasteiger partial charge on any atom is 0.313 e. The number of hydrogen-bond donors (Lipinski definition) is 2. The summed E-state index contributed by atoms with van der Waals surface area (Å²) >= 11 is 0. The van der Waals surface area contributed by atoms with Crippen LogP contribution in [0.3, 0.4) is 0 Å². The minimum Gasteiger partial charge on any atom is -0.455 e. The first kappa shape index (κ1) is 36.7. The molecule has 1 spiro atoms. The van der Waals surface area contributed by atoms with Crippen LogP contribution < -0.4 is 10.2 Å². The molecule has 3 heterocycles. The lowest BCUT2D eigenvalue weighted by atomic mass is 9.70. The van der Waals surface area contributed by atoms with Crippen LogP contribution in [0.15, 0.2) is 104 Å². The molecule has 3 aliphatic rings. The van der Waals surface area contributed by atoms with Gasteiger partial charge in [-0.05, 0) is 61.4 Å². The Morgan fingerprint density at radius 2 is 1.73 bits per heavy atom. The zero-order valence-electron chi connectivity index (χ0n) is 29.8. The molecule has 10 heteroatoms. The van der Waals surface area contributed by atoms with E-state index in [4.69, 9.17) is 9.47 Å². The second-order valence-electron chi connectivity index (χ2n) is 13.9. The molecule has 52 heavy (non-hydrogen) atoms. The number of fused-ring (bicyclic) bond motifs is 1. The first-order valence-electron chi connectivity index (χ1n) is 17.9. The molecule has 7 atom stereocenters. The van der Waals surface area contributed by atoms with Crippen molar-refractivity contribution in [1.29, 1.82) is 0 Å². The van der Waals surface area contributed by atoms with Crippen LogP contribution >= 0.6 is 0 Å². The van der Waals surface area contributed by atoms with Crippen molar-refractivity contribution >= 4 is 29.4 Å². The van der Waals surface area contributed by atoms with E-state index in [1.807, 2.05) is 92.7 Å². The molecule has 3 fully saturated rings. The highest BCUT2D eigenvalue weighted by molar-refractivity contribution is 6.05. The molecular weight excluding hydrogens is 658 g/mol. The Morgan fingerprint density at radius 3 is 2.38 bits per heavy atom. The molecule has 0 aliphatic carbocycles. The topological polar surface area (TPSA) is 125 Å². The van der Waals surface area contributed by atoms with E-state index in [0.29, 0.717) is 36.1 Å². The predicted molar refractivity (Wildman–Crippen MR) is 197 cm³/mol. The molecule has 272 valence electrons. The molecular formula is C42H47N3O7. The number of rotatable bonds is 15. The van der Waals surface area contributed by atoms with Crippen LogP contribution in [0.25, 0.3) is 0 Å². The van der Waals surface area contributed by atoms with Crippen molar-refractivity contribution in [3.8, 4) is 0 Å². The average Bonchev–Trinajstić information content (AvgIpc) is 3.81. The third-order valence-corrected chi connectivity index (χ3v) is 10.7. The average molecular weight is 706 g/mol. The summed E-state index contributed by atoms with van der Waals surface area (Å²) in [6.07, 6.45) is 3.39. The number of ether oxygens (including phenoxy) is 2. The van der Waals surface area contributed by atoms with Gasteiger partial charge in [0, 0.05) is 18.7 Å². The molecule has 0 aromatic heterocycles. The minimum atomic E-state index is -1.34. The Hall–Kier alpha value is -5.06.